The number of halogens is 1. The van der Waals surface area contributed by atoms with E-state index in [0.717, 1.165) is 13.1 Å². The highest BCUT2D eigenvalue weighted by Gasteiger charge is 2.37. The molecule has 0 aliphatic carbocycles. The third kappa shape index (κ3) is 3.65. The number of nitrogens with one attached hydrogen (secondary N) is 1. The Labute approximate surface area is 146 Å². The predicted octanol–water partition coefficient (Wildman–Crippen LogP) is 1.14. The van der Waals surface area contributed by atoms with Gasteiger partial charge in [0.25, 0.3) is 0 Å². The summed E-state index contributed by atoms with van der Waals surface area (Å²) in [6, 6.07) is 6.95. The van der Waals surface area contributed by atoms with E-state index in [1.54, 1.807) is 11.0 Å². The number of hydrogen-bond acceptors (Lipinski definition) is 4. The Morgan fingerprint density at radius 1 is 1.38 bits per heavy atom. The first kappa shape index (κ1) is 17.0. The zero-order valence-electron chi connectivity index (χ0n) is 13.7. The van der Waals surface area contributed by atoms with E-state index in [1.807, 2.05) is 30.0 Å². The van der Waals surface area contributed by atoms with Crippen LogP contribution in [0.15, 0.2) is 24.3 Å². The van der Waals surface area contributed by atoms with Gasteiger partial charge < -0.3 is 15.0 Å². The Balaban J connectivity index is 1.49. The highest BCUT2D eigenvalue weighted by atomic mass is 35.5. The monoisotopic (exact) mass is 351 g/mol. The SMILES string of the molecule is CCN1CCNC(=O)C1CC(=O)N1CC(Oc2ccccc2Cl)C1. The van der Waals surface area contributed by atoms with Gasteiger partial charge in [-0.25, -0.2) is 0 Å². The van der Waals surface area contributed by atoms with Crippen molar-refractivity contribution in [2.24, 2.45) is 0 Å². The molecule has 24 heavy (non-hydrogen) atoms. The quantitative estimate of drug-likeness (QED) is 0.864. The van der Waals surface area contributed by atoms with E-state index in [0.29, 0.717) is 30.4 Å². The van der Waals surface area contributed by atoms with Gasteiger partial charge in [-0.15, -0.1) is 0 Å². The van der Waals surface area contributed by atoms with Gasteiger partial charge in [0.05, 0.1) is 30.6 Å². The number of para-hydroxylation sites is 1. The molecule has 2 saturated heterocycles. The molecule has 2 aliphatic heterocycles. The first-order chi connectivity index (χ1) is 11.6. The van der Waals surface area contributed by atoms with E-state index in [2.05, 4.69) is 5.32 Å². The molecule has 2 aliphatic rings. The van der Waals surface area contributed by atoms with Crippen LogP contribution in [0.5, 0.6) is 5.75 Å². The summed E-state index contributed by atoms with van der Waals surface area (Å²) in [7, 11) is 0. The average molecular weight is 352 g/mol. The number of rotatable bonds is 5. The van der Waals surface area contributed by atoms with E-state index in [-0.39, 0.29) is 30.4 Å². The van der Waals surface area contributed by atoms with E-state index in [4.69, 9.17) is 16.3 Å². The fourth-order valence-corrected chi connectivity index (χ4v) is 3.27. The zero-order valence-corrected chi connectivity index (χ0v) is 14.5. The van der Waals surface area contributed by atoms with Gasteiger partial charge in [0.15, 0.2) is 0 Å². The number of piperazine rings is 1. The minimum Gasteiger partial charge on any atom is -0.485 e. The summed E-state index contributed by atoms with van der Waals surface area (Å²) in [4.78, 5) is 28.2. The summed E-state index contributed by atoms with van der Waals surface area (Å²) in [5.74, 6) is 0.579. The molecule has 0 radical (unpaired) electrons. The van der Waals surface area contributed by atoms with Crippen molar-refractivity contribution < 1.29 is 14.3 Å². The molecule has 1 aromatic carbocycles. The molecule has 3 rings (SSSR count). The first-order valence-corrected chi connectivity index (χ1v) is 8.67. The smallest absolute Gasteiger partial charge is 0.237 e. The van der Waals surface area contributed by atoms with Crippen LogP contribution in [0.2, 0.25) is 5.02 Å². The highest BCUT2D eigenvalue weighted by molar-refractivity contribution is 6.32. The lowest BCUT2D eigenvalue weighted by atomic mass is 10.1. The van der Waals surface area contributed by atoms with Crippen LogP contribution < -0.4 is 10.1 Å². The van der Waals surface area contributed by atoms with E-state index in [9.17, 15) is 9.59 Å². The van der Waals surface area contributed by atoms with Crippen molar-refractivity contribution in [3.05, 3.63) is 29.3 Å². The Morgan fingerprint density at radius 2 is 2.12 bits per heavy atom. The second kappa shape index (κ2) is 7.40. The number of likely N-dealkylation sites (tertiary alicyclic amines) is 1. The first-order valence-electron chi connectivity index (χ1n) is 8.29. The molecule has 7 heteroatoms. The number of amides is 2. The lowest BCUT2D eigenvalue weighted by Gasteiger charge is -2.41. The molecule has 0 aromatic heterocycles. The third-order valence-electron chi connectivity index (χ3n) is 4.55. The summed E-state index contributed by atoms with van der Waals surface area (Å²) in [6.45, 7) is 5.28. The van der Waals surface area contributed by atoms with Crippen LogP contribution in [-0.4, -0.2) is 66.5 Å². The van der Waals surface area contributed by atoms with E-state index >= 15 is 0 Å². The molecule has 1 atom stereocenters. The van der Waals surface area contributed by atoms with Crippen LogP contribution in [0.3, 0.4) is 0 Å². The molecular weight excluding hydrogens is 330 g/mol. The fraction of sp³-hybridized carbons (Fsp3) is 0.529. The second-order valence-electron chi connectivity index (χ2n) is 6.11. The van der Waals surface area contributed by atoms with Gasteiger partial charge >= 0.3 is 0 Å². The van der Waals surface area contributed by atoms with Crippen molar-refractivity contribution in [1.82, 2.24) is 15.1 Å². The summed E-state index contributed by atoms with van der Waals surface area (Å²) in [5.41, 5.74) is 0. The molecule has 2 amide bonds. The summed E-state index contributed by atoms with van der Waals surface area (Å²) in [6.07, 6.45) is 0.176. The number of nitrogens with zero attached hydrogens (tertiary/aromatic N) is 2. The largest absolute Gasteiger partial charge is 0.485 e. The number of hydrogen-bond donors (Lipinski definition) is 1. The van der Waals surface area contributed by atoms with Crippen molar-refractivity contribution in [2.45, 2.75) is 25.5 Å². The minimum atomic E-state index is -0.361. The molecule has 0 spiro atoms. The topological polar surface area (TPSA) is 61.9 Å². The van der Waals surface area contributed by atoms with Gasteiger partial charge in [0, 0.05) is 13.1 Å². The maximum atomic E-state index is 12.4. The van der Waals surface area contributed by atoms with Gasteiger partial charge in [0.1, 0.15) is 11.9 Å². The van der Waals surface area contributed by atoms with Gasteiger partial charge in [-0.05, 0) is 18.7 Å². The standard InChI is InChI=1S/C17H22ClN3O3/c1-2-20-8-7-19-17(23)14(20)9-16(22)21-10-12(11-21)24-15-6-4-3-5-13(15)18/h3-6,12,14H,2,7-11H2,1H3,(H,19,23). The van der Waals surface area contributed by atoms with Crippen molar-refractivity contribution in [2.75, 3.05) is 32.7 Å². The zero-order chi connectivity index (χ0) is 17.1. The van der Waals surface area contributed by atoms with Crippen LogP contribution in [0, 0.1) is 0 Å². The van der Waals surface area contributed by atoms with Gasteiger partial charge in [-0.3, -0.25) is 14.5 Å². The van der Waals surface area contributed by atoms with E-state index < -0.39 is 0 Å². The molecule has 1 N–H and O–H groups in total. The lowest BCUT2D eigenvalue weighted by Crippen LogP contribution is -2.60. The van der Waals surface area contributed by atoms with Crippen LogP contribution in [-0.2, 0) is 9.59 Å². The summed E-state index contributed by atoms with van der Waals surface area (Å²) >= 11 is 6.07. The van der Waals surface area contributed by atoms with Crippen LogP contribution >= 0.6 is 11.6 Å². The Kier molecular flexibility index (Phi) is 5.26. The number of likely N-dealkylation sites (N-methyl/N-ethyl adjacent to an activating group) is 1. The van der Waals surface area contributed by atoms with Crippen LogP contribution in [0.1, 0.15) is 13.3 Å². The van der Waals surface area contributed by atoms with Gasteiger partial charge in [-0.1, -0.05) is 30.7 Å². The Morgan fingerprint density at radius 3 is 2.83 bits per heavy atom. The number of carbonyl (C=O) groups excluding carboxylic acids is 2. The predicted molar refractivity (Wildman–Crippen MR) is 91.1 cm³/mol. The normalized spacial score (nSPS) is 22.0. The summed E-state index contributed by atoms with van der Waals surface area (Å²) in [5, 5.41) is 3.40. The number of benzene rings is 1. The van der Waals surface area contributed by atoms with E-state index in [1.165, 1.54) is 0 Å². The number of carbonyl (C=O) groups is 2. The second-order valence-corrected chi connectivity index (χ2v) is 6.52. The van der Waals surface area contributed by atoms with Crippen LogP contribution in [0.25, 0.3) is 0 Å². The molecule has 1 unspecified atom stereocenters. The molecule has 0 saturated carbocycles. The van der Waals surface area contributed by atoms with Crippen molar-refractivity contribution >= 4 is 23.4 Å². The van der Waals surface area contributed by atoms with Crippen molar-refractivity contribution in [1.29, 1.82) is 0 Å². The minimum absolute atomic E-state index is 0.00508. The molecule has 0 bridgehead atoms. The average Bonchev–Trinajstić information content (AvgIpc) is 2.53. The Bertz CT molecular complexity index is 619. The number of ether oxygens (including phenoxy) is 1. The highest BCUT2D eigenvalue weighted by Crippen LogP contribution is 2.26. The maximum Gasteiger partial charge on any atom is 0.237 e. The molecule has 130 valence electrons. The molecular formula is C17H22ClN3O3. The Hall–Kier alpha value is -1.79. The fourth-order valence-electron chi connectivity index (χ4n) is 3.09. The van der Waals surface area contributed by atoms with Crippen LogP contribution in [0.4, 0.5) is 0 Å². The maximum absolute atomic E-state index is 12.4. The van der Waals surface area contributed by atoms with Gasteiger partial charge in [0.2, 0.25) is 11.8 Å². The van der Waals surface area contributed by atoms with Gasteiger partial charge in [-0.2, -0.15) is 0 Å². The van der Waals surface area contributed by atoms with Crippen molar-refractivity contribution in [3.63, 3.8) is 0 Å². The van der Waals surface area contributed by atoms with Crippen molar-refractivity contribution in [3.8, 4) is 5.75 Å². The molecule has 2 heterocycles. The summed E-state index contributed by atoms with van der Waals surface area (Å²) < 4.78 is 5.80. The third-order valence-corrected chi connectivity index (χ3v) is 4.86. The molecule has 6 nitrogen and oxygen atoms in total. The lowest BCUT2D eigenvalue weighted by molar-refractivity contribution is -0.145. The molecule has 1 aromatic rings. The molecule has 2 fully saturated rings.